The van der Waals surface area contributed by atoms with Crippen molar-refractivity contribution in [2.24, 2.45) is 0 Å². The van der Waals surface area contributed by atoms with Gasteiger partial charge in [0.25, 0.3) is 0 Å². The molecule has 2 aliphatic rings. The Balaban J connectivity index is 1.65. The van der Waals surface area contributed by atoms with Gasteiger partial charge < -0.3 is 4.90 Å². The number of aryl methyl sites for hydroxylation is 1. The SMILES string of the molecule is CC1c2cccc3c2N(CCC3)C(Cc2ccccc2)C1c1ccccc1. The second-order valence-electron chi connectivity index (χ2n) is 8.13. The van der Waals surface area contributed by atoms with E-state index in [2.05, 4.69) is 90.7 Å². The molecular formula is C26H27N. The first-order valence-electron chi connectivity index (χ1n) is 10.3. The Kier molecular flexibility index (Phi) is 4.24. The van der Waals surface area contributed by atoms with Crippen LogP contribution in [0.4, 0.5) is 5.69 Å². The number of anilines is 1. The summed E-state index contributed by atoms with van der Waals surface area (Å²) >= 11 is 0. The molecular weight excluding hydrogens is 326 g/mol. The lowest BCUT2D eigenvalue weighted by atomic mass is 9.70. The molecule has 27 heavy (non-hydrogen) atoms. The highest BCUT2D eigenvalue weighted by molar-refractivity contribution is 5.66. The number of nitrogens with zero attached hydrogens (tertiary/aromatic N) is 1. The number of hydrogen-bond donors (Lipinski definition) is 0. The van der Waals surface area contributed by atoms with Crippen LogP contribution < -0.4 is 4.90 Å². The topological polar surface area (TPSA) is 3.24 Å². The van der Waals surface area contributed by atoms with Gasteiger partial charge in [0.05, 0.1) is 0 Å². The molecule has 0 aliphatic carbocycles. The summed E-state index contributed by atoms with van der Waals surface area (Å²) in [6.45, 7) is 3.62. The molecule has 3 aromatic carbocycles. The zero-order valence-electron chi connectivity index (χ0n) is 16.0. The molecule has 0 spiro atoms. The second kappa shape index (κ2) is 6.88. The van der Waals surface area contributed by atoms with E-state index in [1.165, 1.54) is 30.5 Å². The average Bonchev–Trinajstić information content (AvgIpc) is 2.73. The minimum Gasteiger partial charge on any atom is -0.367 e. The van der Waals surface area contributed by atoms with E-state index in [4.69, 9.17) is 0 Å². The van der Waals surface area contributed by atoms with Gasteiger partial charge in [-0.15, -0.1) is 0 Å². The van der Waals surface area contributed by atoms with Gasteiger partial charge in [-0.2, -0.15) is 0 Å². The van der Waals surface area contributed by atoms with Crippen LogP contribution in [-0.2, 0) is 12.8 Å². The maximum absolute atomic E-state index is 2.75. The van der Waals surface area contributed by atoms with Crippen LogP contribution in [0.2, 0.25) is 0 Å². The Morgan fingerprint density at radius 3 is 2.37 bits per heavy atom. The predicted molar refractivity (Wildman–Crippen MR) is 114 cm³/mol. The molecule has 0 radical (unpaired) electrons. The quantitative estimate of drug-likeness (QED) is 0.562. The monoisotopic (exact) mass is 353 g/mol. The zero-order valence-corrected chi connectivity index (χ0v) is 16.0. The third kappa shape index (κ3) is 2.86. The van der Waals surface area contributed by atoms with Gasteiger partial charge in [-0.3, -0.25) is 0 Å². The standard InChI is InChI=1S/C26H27N/c1-19-23-16-8-14-22-15-9-17-27(26(22)23)24(18-20-10-4-2-5-11-20)25(19)21-12-6-3-7-13-21/h2-8,10-14,16,19,24-25H,9,15,17-18H2,1H3. The average molecular weight is 354 g/mol. The summed E-state index contributed by atoms with van der Waals surface area (Å²) in [5.41, 5.74) is 7.57. The van der Waals surface area contributed by atoms with Gasteiger partial charge in [0.2, 0.25) is 0 Å². The summed E-state index contributed by atoms with van der Waals surface area (Å²) < 4.78 is 0. The van der Waals surface area contributed by atoms with Crippen molar-refractivity contribution >= 4 is 5.69 Å². The molecule has 3 unspecified atom stereocenters. The van der Waals surface area contributed by atoms with Crippen molar-refractivity contribution in [2.75, 3.05) is 11.4 Å². The highest BCUT2D eigenvalue weighted by atomic mass is 15.2. The smallest absolute Gasteiger partial charge is 0.0437 e. The van der Waals surface area contributed by atoms with E-state index in [1.54, 1.807) is 16.8 Å². The number of rotatable bonds is 3. The van der Waals surface area contributed by atoms with Crippen molar-refractivity contribution in [3.63, 3.8) is 0 Å². The molecule has 5 rings (SSSR count). The number of para-hydroxylation sites is 1. The highest BCUT2D eigenvalue weighted by Gasteiger charge is 2.41. The molecule has 2 heterocycles. The summed E-state index contributed by atoms with van der Waals surface area (Å²) in [5.74, 6) is 1.05. The molecule has 0 fully saturated rings. The molecule has 0 bridgehead atoms. The molecule has 1 heteroatoms. The van der Waals surface area contributed by atoms with Crippen LogP contribution in [0.15, 0.2) is 78.9 Å². The first kappa shape index (κ1) is 16.6. The van der Waals surface area contributed by atoms with Crippen molar-refractivity contribution in [1.29, 1.82) is 0 Å². The summed E-state index contributed by atoms with van der Waals surface area (Å²) in [6.07, 6.45) is 3.59. The zero-order chi connectivity index (χ0) is 18.2. The molecule has 0 amide bonds. The minimum absolute atomic E-state index is 0.513. The van der Waals surface area contributed by atoms with Gasteiger partial charge in [-0.1, -0.05) is 85.8 Å². The number of benzene rings is 3. The molecule has 1 nitrogen and oxygen atoms in total. The van der Waals surface area contributed by atoms with Crippen LogP contribution in [0.3, 0.4) is 0 Å². The third-order valence-corrected chi connectivity index (χ3v) is 6.60. The lowest BCUT2D eigenvalue weighted by molar-refractivity contribution is 0.402. The van der Waals surface area contributed by atoms with Crippen LogP contribution in [0.5, 0.6) is 0 Å². The van der Waals surface area contributed by atoms with E-state index in [9.17, 15) is 0 Å². The van der Waals surface area contributed by atoms with Gasteiger partial charge >= 0.3 is 0 Å². The first-order valence-corrected chi connectivity index (χ1v) is 10.3. The highest BCUT2D eigenvalue weighted by Crippen LogP contribution is 2.50. The summed E-state index contributed by atoms with van der Waals surface area (Å²) in [6, 6.07) is 29.7. The normalized spacial score (nSPS) is 23.7. The Hall–Kier alpha value is -2.54. The Bertz CT molecular complexity index is 915. The van der Waals surface area contributed by atoms with Crippen LogP contribution in [0.25, 0.3) is 0 Å². The Morgan fingerprint density at radius 2 is 1.59 bits per heavy atom. The second-order valence-corrected chi connectivity index (χ2v) is 8.13. The lowest BCUT2D eigenvalue weighted by Crippen LogP contribution is -2.49. The van der Waals surface area contributed by atoms with Crippen LogP contribution in [-0.4, -0.2) is 12.6 Å². The van der Waals surface area contributed by atoms with Gasteiger partial charge in [0.15, 0.2) is 0 Å². The lowest BCUT2D eigenvalue weighted by Gasteiger charge is -2.50. The summed E-state index contributed by atoms with van der Waals surface area (Å²) in [7, 11) is 0. The van der Waals surface area contributed by atoms with Crippen molar-refractivity contribution in [3.8, 4) is 0 Å². The van der Waals surface area contributed by atoms with E-state index >= 15 is 0 Å². The number of hydrogen-bond acceptors (Lipinski definition) is 1. The van der Waals surface area contributed by atoms with Gasteiger partial charge in [0, 0.05) is 24.2 Å². The fourth-order valence-electron chi connectivity index (χ4n) is 5.41. The molecule has 0 aromatic heterocycles. The fraction of sp³-hybridized carbons (Fsp3) is 0.308. The molecule has 3 aromatic rings. The maximum Gasteiger partial charge on any atom is 0.0437 e. The Labute approximate surface area is 162 Å². The first-order chi connectivity index (χ1) is 13.3. The van der Waals surface area contributed by atoms with Crippen LogP contribution >= 0.6 is 0 Å². The molecule has 0 N–H and O–H groups in total. The van der Waals surface area contributed by atoms with Gasteiger partial charge in [-0.25, -0.2) is 0 Å². The summed E-state index contributed by atoms with van der Waals surface area (Å²) in [5, 5.41) is 0. The van der Waals surface area contributed by atoms with Crippen LogP contribution in [0, 0.1) is 0 Å². The molecule has 0 saturated heterocycles. The predicted octanol–water partition coefficient (Wildman–Crippen LogP) is 5.95. The maximum atomic E-state index is 2.75. The third-order valence-electron chi connectivity index (χ3n) is 6.60. The van der Waals surface area contributed by atoms with Gasteiger partial charge in [0.1, 0.15) is 0 Å². The molecule has 2 aliphatic heterocycles. The van der Waals surface area contributed by atoms with Crippen LogP contribution in [0.1, 0.15) is 47.4 Å². The van der Waals surface area contributed by atoms with Crippen molar-refractivity contribution in [1.82, 2.24) is 0 Å². The fourth-order valence-corrected chi connectivity index (χ4v) is 5.41. The van der Waals surface area contributed by atoms with Crippen molar-refractivity contribution < 1.29 is 0 Å². The van der Waals surface area contributed by atoms with E-state index in [1.807, 2.05) is 0 Å². The van der Waals surface area contributed by atoms with E-state index in [-0.39, 0.29) is 0 Å². The minimum atomic E-state index is 0.513. The van der Waals surface area contributed by atoms with E-state index < -0.39 is 0 Å². The largest absolute Gasteiger partial charge is 0.367 e. The molecule has 136 valence electrons. The molecule has 3 atom stereocenters. The summed E-state index contributed by atoms with van der Waals surface area (Å²) in [4.78, 5) is 2.75. The Morgan fingerprint density at radius 1 is 0.852 bits per heavy atom. The van der Waals surface area contributed by atoms with E-state index in [0.29, 0.717) is 17.9 Å². The van der Waals surface area contributed by atoms with Crippen molar-refractivity contribution in [3.05, 3.63) is 101 Å². The van der Waals surface area contributed by atoms with Crippen molar-refractivity contribution in [2.45, 2.75) is 44.1 Å². The molecule has 0 saturated carbocycles. The van der Waals surface area contributed by atoms with Gasteiger partial charge in [-0.05, 0) is 47.4 Å². The van der Waals surface area contributed by atoms with E-state index in [0.717, 1.165) is 6.42 Å².